The second kappa shape index (κ2) is 6.69. The molecule has 0 aliphatic carbocycles. The van der Waals surface area contributed by atoms with Crippen molar-refractivity contribution in [2.75, 3.05) is 30.0 Å². The topological polar surface area (TPSA) is 89.2 Å². The van der Waals surface area contributed by atoms with Crippen molar-refractivity contribution in [1.29, 1.82) is 0 Å². The van der Waals surface area contributed by atoms with Crippen LogP contribution in [-0.4, -0.2) is 34.6 Å². The Labute approximate surface area is 119 Å². The Hall–Kier alpha value is -1.63. The van der Waals surface area contributed by atoms with E-state index in [9.17, 15) is 0 Å². The van der Waals surface area contributed by atoms with Gasteiger partial charge in [-0.2, -0.15) is 15.0 Å². The molecule has 1 saturated heterocycles. The molecule has 0 bridgehead atoms. The molecular weight excluding hydrogens is 256 g/mol. The number of anilines is 2. The summed E-state index contributed by atoms with van der Waals surface area (Å²) in [5, 5.41) is 0. The first kappa shape index (κ1) is 14.8. The number of hydrazine groups is 1. The van der Waals surface area contributed by atoms with Crippen LogP contribution in [0.4, 0.5) is 11.9 Å². The fraction of sp³-hybridized carbons (Fsp3) is 0.769. The molecule has 0 amide bonds. The summed E-state index contributed by atoms with van der Waals surface area (Å²) in [6, 6.07) is 0.331. The lowest BCUT2D eigenvalue weighted by Crippen LogP contribution is -2.25. The van der Waals surface area contributed by atoms with E-state index in [4.69, 9.17) is 10.6 Å². The van der Waals surface area contributed by atoms with Crippen LogP contribution in [0.1, 0.15) is 33.6 Å². The van der Waals surface area contributed by atoms with Gasteiger partial charge >= 0.3 is 6.01 Å². The summed E-state index contributed by atoms with van der Waals surface area (Å²) >= 11 is 0. The van der Waals surface area contributed by atoms with E-state index in [1.165, 1.54) is 6.42 Å². The van der Waals surface area contributed by atoms with Gasteiger partial charge in [-0.15, -0.1) is 0 Å². The Balaban J connectivity index is 2.14. The van der Waals surface area contributed by atoms with Crippen molar-refractivity contribution in [3.05, 3.63) is 0 Å². The Bertz CT molecular complexity index is 439. The van der Waals surface area contributed by atoms with Crippen molar-refractivity contribution in [2.24, 2.45) is 17.7 Å². The van der Waals surface area contributed by atoms with Gasteiger partial charge in [0.25, 0.3) is 0 Å². The molecule has 1 aliphatic heterocycles. The van der Waals surface area contributed by atoms with E-state index >= 15 is 0 Å². The number of rotatable bonds is 6. The minimum Gasteiger partial charge on any atom is -0.463 e. The van der Waals surface area contributed by atoms with E-state index < -0.39 is 0 Å². The molecule has 0 saturated carbocycles. The zero-order valence-electron chi connectivity index (χ0n) is 12.5. The smallest absolute Gasteiger partial charge is 0.323 e. The van der Waals surface area contributed by atoms with Crippen molar-refractivity contribution in [3.63, 3.8) is 0 Å². The number of aromatic nitrogens is 3. The number of hydrogen-bond donors (Lipinski definition) is 2. The van der Waals surface area contributed by atoms with Crippen LogP contribution in [0, 0.1) is 11.8 Å². The quantitative estimate of drug-likeness (QED) is 0.602. The van der Waals surface area contributed by atoms with Crippen molar-refractivity contribution < 1.29 is 4.74 Å². The monoisotopic (exact) mass is 280 g/mol. The summed E-state index contributed by atoms with van der Waals surface area (Å²) in [6.07, 6.45) is 2.07. The molecule has 0 aromatic carbocycles. The first-order chi connectivity index (χ1) is 9.63. The molecule has 112 valence electrons. The predicted molar refractivity (Wildman–Crippen MR) is 78.6 cm³/mol. The average molecular weight is 280 g/mol. The molecule has 20 heavy (non-hydrogen) atoms. The van der Waals surface area contributed by atoms with Crippen LogP contribution in [0.15, 0.2) is 0 Å². The van der Waals surface area contributed by atoms with Gasteiger partial charge in [0.1, 0.15) is 0 Å². The minimum atomic E-state index is 0.331. The van der Waals surface area contributed by atoms with Crippen LogP contribution < -0.4 is 20.9 Å². The zero-order chi connectivity index (χ0) is 14.5. The SMILES string of the molecule is CCCOc1nc(NN)nc(N2CCC(C(C)C)C2)n1. The van der Waals surface area contributed by atoms with Crippen LogP contribution in [0.2, 0.25) is 0 Å². The van der Waals surface area contributed by atoms with Gasteiger partial charge in [0.15, 0.2) is 0 Å². The van der Waals surface area contributed by atoms with Crippen molar-refractivity contribution in [3.8, 4) is 6.01 Å². The first-order valence-electron chi connectivity index (χ1n) is 7.24. The van der Waals surface area contributed by atoms with E-state index in [1.54, 1.807) is 0 Å². The molecule has 7 nitrogen and oxygen atoms in total. The second-order valence-corrected chi connectivity index (χ2v) is 5.47. The average Bonchev–Trinajstić information content (AvgIpc) is 2.94. The summed E-state index contributed by atoms with van der Waals surface area (Å²) in [7, 11) is 0. The van der Waals surface area contributed by atoms with Crippen molar-refractivity contribution >= 4 is 11.9 Å². The lowest BCUT2D eigenvalue weighted by molar-refractivity contribution is 0.292. The highest BCUT2D eigenvalue weighted by Crippen LogP contribution is 2.27. The lowest BCUT2D eigenvalue weighted by Gasteiger charge is -2.18. The number of nitrogens with zero attached hydrogens (tertiary/aromatic N) is 4. The summed E-state index contributed by atoms with van der Waals surface area (Å²) in [6.45, 7) is 9.07. The van der Waals surface area contributed by atoms with E-state index in [1.807, 2.05) is 6.92 Å². The standard InChI is InChI=1S/C13H24N6O/c1-4-7-20-13-16-11(18-14)15-12(17-13)19-6-5-10(8-19)9(2)3/h9-10H,4-8,14H2,1-3H3,(H,15,16,17,18). The zero-order valence-corrected chi connectivity index (χ0v) is 12.5. The van der Waals surface area contributed by atoms with Gasteiger partial charge in [0, 0.05) is 13.1 Å². The normalized spacial score (nSPS) is 18.6. The molecule has 1 fully saturated rings. The number of nitrogen functional groups attached to an aromatic ring is 1. The highest BCUT2D eigenvalue weighted by atomic mass is 16.5. The minimum absolute atomic E-state index is 0.331. The molecule has 1 aliphatic rings. The third kappa shape index (κ3) is 3.47. The Morgan fingerprint density at radius 2 is 2.20 bits per heavy atom. The third-order valence-electron chi connectivity index (χ3n) is 3.62. The maximum Gasteiger partial charge on any atom is 0.323 e. The highest BCUT2D eigenvalue weighted by molar-refractivity contribution is 5.38. The maximum absolute atomic E-state index is 5.49. The summed E-state index contributed by atoms with van der Waals surface area (Å²) in [5.41, 5.74) is 2.47. The van der Waals surface area contributed by atoms with Crippen LogP contribution in [0.25, 0.3) is 0 Å². The summed E-state index contributed by atoms with van der Waals surface area (Å²) in [5.74, 6) is 7.75. The van der Waals surface area contributed by atoms with Gasteiger partial charge in [-0.05, 0) is 24.7 Å². The van der Waals surface area contributed by atoms with Gasteiger partial charge in [-0.1, -0.05) is 20.8 Å². The van der Waals surface area contributed by atoms with Gasteiger partial charge in [-0.3, -0.25) is 5.43 Å². The fourth-order valence-corrected chi connectivity index (χ4v) is 2.32. The van der Waals surface area contributed by atoms with Crippen LogP contribution in [-0.2, 0) is 0 Å². The number of nitrogens with one attached hydrogen (secondary N) is 1. The van der Waals surface area contributed by atoms with Crippen LogP contribution >= 0.6 is 0 Å². The Morgan fingerprint density at radius 1 is 1.40 bits per heavy atom. The van der Waals surface area contributed by atoms with E-state index in [-0.39, 0.29) is 0 Å². The highest BCUT2D eigenvalue weighted by Gasteiger charge is 2.27. The predicted octanol–water partition coefficient (Wildman–Crippen LogP) is 1.43. The molecule has 1 aromatic rings. The number of nitrogens with two attached hydrogens (primary N) is 1. The molecule has 1 unspecified atom stereocenters. The molecule has 1 aromatic heterocycles. The molecule has 3 N–H and O–H groups in total. The first-order valence-corrected chi connectivity index (χ1v) is 7.24. The summed E-state index contributed by atoms with van der Waals surface area (Å²) in [4.78, 5) is 15.0. The number of hydrogen-bond acceptors (Lipinski definition) is 7. The van der Waals surface area contributed by atoms with Crippen LogP contribution in [0.3, 0.4) is 0 Å². The maximum atomic E-state index is 5.49. The van der Waals surface area contributed by atoms with E-state index in [0.29, 0.717) is 36.3 Å². The lowest BCUT2D eigenvalue weighted by atomic mass is 9.95. The van der Waals surface area contributed by atoms with E-state index in [0.717, 1.165) is 19.5 Å². The molecule has 0 spiro atoms. The van der Waals surface area contributed by atoms with Gasteiger partial charge in [0.2, 0.25) is 11.9 Å². The summed E-state index contributed by atoms with van der Waals surface area (Å²) < 4.78 is 5.49. The number of ether oxygens (including phenoxy) is 1. The molecule has 7 heteroatoms. The van der Waals surface area contributed by atoms with Crippen molar-refractivity contribution in [2.45, 2.75) is 33.6 Å². The molecule has 1 atom stereocenters. The molecular formula is C13H24N6O. The van der Waals surface area contributed by atoms with Crippen LogP contribution in [0.5, 0.6) is 6.01 Å². The molecule has 2 heterocycles. The van der Waals surface area contributed by atoms with Gasteiger partial charge < -0.3 is 9.64 Å². The molecule has 0 radical (unpaired) electrons. The third-order valence-corrected chi connectivity index (χ3v) is 3.62. The van der Waals surface area contributed by atoms with Crippen molar-refractivity contribution in [1.82, 2.24) is 15.0 Å². The van der Waals surface area contributed by atoms with Gasteiger partial charge in [-0.25, -0.2) is 5.84 Å². The Morgan fingerprint density at radius 3 is 2.80 bits per heavy atom. The fourth-order valence-electron chi connectivity index (χ4n) is 2.32. The van der Waals surface area contributed by atoms with E-state index in [2.05, 4.69) is 39.1 Å². The molecule has 2 rings (SSSR count). The second-order valence-electron chi connectivity index (χ2n) is 5.47. The Kier molecular flexibility index (Phi) is 4.94. The van der Waals surface area contributed by atoms with Gasteiger partial charge in [0.05, 0.1) is 6.61 Å². The largest absolute Gasteiger partial charge is 0.463 e.